The van der Waals surface area contributed by atoms with Gasteiger partial charge in [-0.1, -0.05) is 47.1 Å². The number of ether oxygens (including phenoxy) is 1. The van der Waals surface area contributed by atoms with E-state index in [4.69, 9.17) is 20.9 Å². The SMILES string of the molecule is Clc1ccc(-c2cccc(/C=C/c3nc(C4CNCCO4)no3)c2)cc1. The van der Waals surface area contributed by atoms with E-state index in [-0.39, 0.29) is 6.10 Å². The van der Waals surface area contributed by atoms with Crippen LogP contribution in [-0.4, -0.2) is 29.8 Å². The molecule has 4 rings (SSSR count). The molecule has 2 aromatic carbocycles. The van der Waals surface area contributed by atoms with E-state index in [0.717, 1.165) is 28.3 Å². The van der Waals surface area contributed by atoms with Crippen LogP contribution in [0.1, 0.15) is 23.4 Å². The molecule has 5 nitrogen and oxygen atoms in total. The second-order valence-corrected chi connectivity index (χ2v) is 6.46. The molecule has 1 atom stereocenters. The molecule has 1 fully saturated rings. The molecule has 1 N–H and O–H groups in total. The molecule has 1 aliphatic heterocycles. The highest BCUT2D eigenvalue weighted by Gasteiger charge is 2.20. The Morgan fingerprint density at radius 3 is 2.77 bits per heavy atom. The van der Waals surface area contributed by atoms with Gasteiger partial charge in [-0.05, 0) is 41.0 Å². The average Bonchev–Trinajstić information content (AvgIpc) is 3.17. The number of benzene rings is 2. The van der Waals surface area contributed by atoms with Crippen LogP contribution >= 0.6 is 11.6 Å². The summed E-state index contributed by atoms with van der Waals surface area (Å²) >= 11 is 5.96. The summed E-state index contributed by atoms with van der Waals surface area (Å²) in [5.41, 5.74) is 3.29. The van der Waals surface area contributed by atoms with Crippen LogP contribution in [0.5, 0.6) is 0 Å². The Labute approximate surface area is 156 Å². The molecule has 1 aromatic heterocycles. The fraction of sp³-hybridized carbons (Fsp3) is 0.200. The van der Waals surface area contributed by atoms with Gasteiger partial charge in [0.25, 0.3) is 5.89 Å². The first-order chi connectivity index (χ1) is 12.8. The minimum absolute atomic E-state index is 0.150. The minimum atomic E-state index is -0.150. The number of hydrogen-bond acceptors (Lipinski definition) is 5. The van der Waals surface area contributed by atoms with Crippen molar-refractivity contribution in [3.05, 3.63) is 70.8 Å². The van der Waals surface area contributed by atoms with Gasteiger partial charge in [-0.2, -0.15) is 4.98 Å². The Hall–Kier alpha value is -2.47. The Morgan fingerprint density at radius 2 is 1.96 bits per heavy atom. The average molecular weight is 368 g/mol. The lowest BCUT2D eigenvalue weighted by Crippen LogP contribution is -2.33. The standard InChI is InChI=1S/C20H18ClN3O2/c21-17-7-5-15(6-8-17)16-3-1-2-14(12-16)4-9-19-23-20(24-26-19)18-13-22-10-11-25-18/h1-9,12,18,22H,10-11,13H2/b9-4+. The van der Waals surface area contributed by atoms with Gasteiger partial charge in [-0.25, -0.2) is 0 Å². The largest absolute Gasteiger partial charge is 0.367 e. The lowest BCUT2D eigenvalue weighted by molar-refractivity contribution is 0.0208. The smallest absolute Gasteiger partial charge is 0.250 e. The van der Waals surface area contributed by atoms with Gasteiger partial charge in [-0.3, -0.25) is 0 Å². The van der Waals surface area contributed by atoms with Crippen molar-refractivity contribution in [2.45, 2.75) is 6.10 Å². The van der Waals surface area contributed by atoms with Gasteiger partial charge in [0, 0.05) is 24.2 Å². The van der Waals surface area contributed by atoms with Crippen LogP contribution in [0.25, 0.3) is 23.3 Å². The number of aromatic nitrogens is 2. The summed E-state index contributed by atoms with van der Waals surface area (Å²) in [4.78, 5) is 4.40. The van der Waals surface area contributed by atoms with E-state index in [2.05, 4.69) is 27.6 Å². The van der Waals surface area contributed by atoms with Gasteiger partial charge in [0.05, 0.1) is 6.61 Å². The molecule has 132 valence electrons. The summed E-state index contributed by atoms with van der Waals surface area (Å²) in [6, 6.07) is 16.0. The highest BCUT2D eigenvalue weighted by molar-refractivity contribution is 6.30. The van der Waals surface area contributed by atoms with Gasteiger partial charge in [0.2, 0.25) is 5.82 Å². The van der Waals surface area contributed by atoms with E-state index < -0.39 is 0 Å². The van der Waals surface area contributed by atoms with E-state index in [1.54, 1.807) is 0 Å². The third-order valence-electron chi connectivity index (χ3n) is 4.16. The van der Waals surface area contributed by atoms with Crippen molar-refractivity contribution in [2.75, 3.05) is 19.7 Å². The maximum atomic E-state index is 5.96. The highest BCUT2D eigenvalue weighted by Crippen LogP contribution is 2.23. The van der Waals surface area contributed by atoms with Crippen LogP contribution in [0.4, 0.5) is 0 Å². The molecule has 26 heavy (non-hydrogen) atoms. The minimum Gasteiger partial charge on any atom is -0.367 e. The van der Waals surface area contributed by atoms with E-state index in [1.807, 2.05) is 48.6 Å². The van der Waals surface area contributed by atoms with Crippen LogP contribution in [-0.2, 0) is 4.74 Å². The molecule has 3 aromatic rings. The lowest BCUT2D eigenvalue weighted by Gasteiger charge is -2.20. The summed E-state index contributed by atoms with van der Waals surface area (Å²) in [5.74, 6) is 1.04. The summed E-state index contributed by atoms with van der Waals surface area (Å²) in [6.45, 7) is 2.21. The Kier molecular flexibility index (Phi) is 5.11. The molecule has 2 heterocycles. The van der Waals surface area contributed by atoms with Crippen molar-refractivity contribution in [1.29, 1.82) is 0 Å². The van der Waals surface area contributed by atoms with Crippen molar-refractivity contribution in [3.8, 4) is 11.1 Å². The first-order valence-electron chi connectivity index (χ1n) is 8.48. The second-order valence-electron chi connectivity index (χ2n) is 6.02. The molecule has 0 spiro atoms. The number of nitrogens with zero attached hydrogens (tertiary/aromatic N) is 2. The monoisotopic (exact) mass is 367 g/mol. The molecule has 1 aliphatic rings. The Bertz CT molecular complexity index is 899. The molecule has 0 radical (unpaired) electrons. The molecule has 1 unspecified atom stereocenters. The van der Waals surface area contributed by atoms with Gasteiger partial charge >= 0.3 is 0 Å². The Morgan fingerprint density at radius 1 is 1.08 bits per heavy atom. The summed E-state index contributed by atoms with van der Waals surface area (Å²) in [5, 5.41) is 7.99. The highest BCUT2D eigenvalue weighted by atomic mass is 35.5. The fourth-order valence-electron chi connectivity index (χ4n) is 2.81. The number of rotatable bonds is 4. The number of halogens is 1. The third kappa shape index (κ3) is 4.02. The van der Waals surface area contributed by atoms with E-state index in [9.17, 15) is 0 Å². The van der Waals surface area contributed by atoms with Crippen LogP contribution in [0, 0.1) is 0 Å². The first kappa shape index (κ1) is 17.0. The van der Waals surface area contributed by atoms with Crippen LogP contribution < -0.4 is 5.32 Å². The van der Waals surface area contributed by atoms with Crippen molar-refractivity contribution in [3.63, 3.8) is 0 Å². The van der Waals surface area contributed by atoms with Crippen molar-refractivity contribution in [1.82, 2.24) is 15.5 Å². The normalized spacial score (nSPS) is 17.7. The first-order valence-corrected chi connectivity index (χ1v) is 8.86. The zero-order chi connectivity index (χ0) is 17.8. The maximum absolute atomic E-state index is 5.96. The third-order valence-corrected chi connectivity index (χ3v) is 4.41. The van der Waals surface area contributed by atoms with Gasteiger partial charge in [-0.15, -0.1) is 0 Å². The number of hydrogen-bond donors (Lipinski definition) is 1. The van der Waals surface area contributed by atoms with E-state index >= 15 is 0 Å². The molecule has 0 bridgehead atoms. The van der Waals surface area contributed by atoms with Gasteiger partial charge < -0.3 is 14.6 Å². The van der Waals surface area contributed by atoms with Crippen LogP contribution in [0.2, 0.25) is 5.02 Å². The lowest BCUT2D eigenvalue weighted by atomic mass is 10.0. The number of nitrogens with one attached hydrogen (secondary N) is 1. The molecule has 1 saturated heterocycles. The number of morpholine rings is 1. The van der Waals surface area contributed by atoms with Crippen LogP contribution in [0.3, 0.4) is 0 Å². The Balaban J connectivity index is 1.49. The molecule has 0 aliphatic carbocycles. The summed E-state index contributed by atoms with van der Waals surface area (Å²) < 4.78 is 10.9. The molecule has 0 amide bonds. The zero-order valence-corrected chi connectivity index (χ0v) is 14.8. The summed E-state index contributed by atoms with van der Waals surface area (Å²) in [6.07, 6.45) is 3.62. The van der Waals surface area contributed by atoms with Crippen LogP contribution in [0.15, 0.2) is 53.1 Å². The van der Waals surface area contributed by atoms with E-state index in [0.29, 0.717) is 24.9 Å². The van der Waals surface area contributed by atoms with Gasteiger partial charge in [0.15, 0.2) is 0 Å². The molecule has 0 saturated carbocycles. The summed E-state index contributed by atoms with van der Waals surface area (Å²) in [7, 11) is 0. The van der Waals surface area contributed by atoms with Gasteiger partial charge in [0.1, 0.15) is 6.10 Å². The van der Waals surface area contributed by atoms with Crippen molar-refractivity contribution >= 4 is 23.8 Å². The maximum Gasteiger partial charge on any atom is 0.250 e. The van der Waals surface area contributed by atoms with Crippen molar-refractivity contribution < 1.29 is 9.26 Å². The predicted molar refractivity (Wildman–Crippen MR) is 102 cm³/mol. The van der Waals surface area contributed by atoms with Crippen molar-refractivity contribution in [2.24, 2.45) is 0 Å². The molecular formula is C20H18ClN3O2. The fourth-order valence-corrected chi connectivity index (χ4v) is 2.93. The topological polar surface area (TPSA) is 60.2 Å². The van der Waals surface area contributed by atoms with E-state index in [1.165, 1.54) is 0 Å². The zero-order valence-electron chi connectivity index (χ0n) is 14.1. The quantitative estimate of drug-likeness (QED) is 0.748. The molecular weight excluding hydrogens is 350 g/mol. The second kappa shape index (κ2) is 7.83. The molecule has 6 heteroatoms. The predicted octanol–water partition coefficient (Wildman–Crippen LogP) is 4.22.